The highest BCUT2D eigenvalue weighted by molar-refractivity contribution is 9.10. The van der Waals surface area contributed by atoms with Gasteiger partial charge in [-0.2, -0.15) is 0 Å². The van der Waals surface area contributed by atoms with Gasteiger partial charge in [0.25, 0.3) is 0 Å². The van der Waals surface area contributed by atoms with Gasteiger partial charge in [0.15, 0.2) is 0 Å². The maximum absolute atomic E-state index is 11.7. The summed E-state index contributed by atoms with van der Waals surface area (Å²) < 4.78 is 6.01. The molecule has 0 radical (unpaired) electrons. The summed E-state index contributed by atoms with van der Waals surface area (Å²) in [6.45, 7) is 5.25. The molecule has 1 aromatic carbocycles. The minimum atomic E-state index is -1.03. The van der Waals surface area contributed by atoms with Crippen molar-refractivity contribution >= 4 is 27.9 Å². The second kappa shape index (κ2) is 6.19. The van der Waals surface area contributed by atoms with Crippen LogP contribution in [-0.4, -0.2) is 22.6 Å². The molecule has 0 bridgehead atoms. The first-order chi connectivity index (χ1) is 8.69. The van der Waals surface area contributed by atoms with Gasteiger partial charge in [-0.15, -0.1) is 0 Å². The number of carbonyl (C=O) groups is 2. The van der Waals surface area contributed by atoms with Crippen LogP contribution in [0.1, 0.15) is 38.7 Å². The lowest BCUT2D eigenvalue weighted by molar-refractivity contribution is -0.158. The maximum atomic E-state index is 11.7. The molecule has 0 unspecified atom stereocenters. The molecule has 0 aromatic heterocycles. The highest BCUT2D eigenvalue weighted by atomic mass is 79.9. The van der Waals surface area contributed by atoms with Crippen molar-refractivity contribution in [2.24, 2.45) is 0 Å². The molecule has 0 saturated carbocycles. The standard InChI is InChI=1S/C14H17BrO4/c1-14(2,3)19-12(16)8-11(13(17)18)9-4-6-10(15)7-5-9/h4-7,11H,8H2,1-3H3,(H,17,18)/t11-/m0/s1. The van der Waals surface area contributed by atoms with Crippen molar-refractivity contribution < 1.29 is 19.4 Å². The van der Waals surface area contributed by atoms with Crippen molar-refractivity contribution in [1.29, 1.82) is 0 Å². The smallest absolute Gasteiger partial charge is 0.311 e. The Kier molecular flexibility index (Phi) is 5.11. The van der Waals surface area contributed by atoms with Gasteiger partial charge in [-0.25, -0.2) is 0 Å². The largest absolute Gasteiger partial charge is 0.481 e. The van der Waals surface area contributed by atoms with E-state index in [1.807, 2.05) is 0 Å². The molecular weight excluding hydrogens is 312 g/mol. The van der Waals surface area contributed by atoms with E-state index >= 15 is 0 Å². The Morgan fingerprint density at radius 1 is 1.26 bits per heavy atom. The zero-order valence-corrected chi connectivity index (χ0v) is 12.7. The average molecular weight is 329 g/mol. The Morgan fingerprint density at radius 2 is 1.79 bits per heavy atom. The molecule has 1 aromatic rings. The topological polar surface area (TPSA) is 63.6 Å². The average Bonchev–Trinajstić information content (AvgIpc) is 2.24. The number of hydrogen-bond acceptors (Lipinski definition) is 3. The molecule has 1 N–H and O–H groups in total. The summed E-state index contributed by atoms with van der Waals surface area (Å²) in [7, 11) is 0. The summed E-state index contributed by atoms with van der Waals surface area (Å²) in [6, 6.07) is 6.88. The summed E-state index contributed by atoms with van der Waals surface area (Å²) in [6.07, 6.45) is -0.172. The first kappa shape index (κ1) is 15.7. The molecule has 0 amide bonds. The number of carboxylic acids is 1. The lowest BCUT2D eigenvalue weighted by Gasteiger charge is -2.21. The Balaban J connectivity index is 2.82. The van der Waals surface area contributed by atoms with Gasteiger partial charge >= 0.3 is 11.9 Å². The fraction of sp³-hybridized carbons (Fsp3) is 0.429. The summed E-state index contributed by atoms with van der Waals surface area (Å²) in [4.78, 5) is 23.0. The van der Waals surface area contributed by atoms with Crippen LogP contribution in [0.2, 0.25) is 0 Å². The summed E-state index contributed by atoms with van der Waals surface area (Å²) in [5, 5.41) is 9.22. The first-order valence-corrected chi connectivity index (χ1v) is 6.68. The van der Waals surface area contributed by atoms with Crippen LogP contribution in [0.15, 0.2) is 28.7 Å². The Labute approximate surface area is 120 Å². The summed E-state index contributed by atoms with van der Waals surface area (Å²) in [5.41, 5.74) is -0.0265. The van der Waals surface area contributed by atoms with Crippen LogP contribution < -0.4 is 0 Å². The highest BCUT2D eigenvalue weighted by Gasteiger charge is 2.26. The van der Waals surface area contributed by atoms with Gasteiger partial charge in [-0.3, -0.25) is 9.59 Å². The highest BCUT2D eigenvalue weighted by Crippen LogP contribution is 2.23. The van der Waals surface area contributed by atoms with Crippen molar-refractivity contribution in [1.82, 2.24) is 0 Å². The van der Waals surface area contributed by atoms with E-state index in [1.165, 1.54) is 0 Å². The SMILES string of the molecule is CC(C)(C)OC(=O)C[C@H](C(=O)O)c1ccc(Br)cc1. The molecule has 0 heterocycles. The second-order valence-electron chi connectivity index (χ2n) is 5.23. The Bertz CT molecular complexity index is 459. The summed E-state index contributed by atoms with van der Waals surface area (Å²) >= 11 is 3.28. The van der Waals surface area contributed by atoms with Crippen LogP contribution >= 0.6 is 15.9 Å². The molecular formula is C14H17BrO4. The van der Waals surface area contributed by atoms with Gasteiger partial charge in [0.2, 0.25) is 0 Å². The van der Waals surface area contributed by atoms with E-state index in [4.69, 9.17) is 4.74 Å². The number of carbonyl (C=O) groups excluding carboxylic acids is 1. The predicted octanol–water partition coefficient (Wildman–Crippen LogP) is 3.35. The van der Waals surface area contributed by atoms with Gasteiger partial charge in [0.1, 0.15) is 5.60 Å². The number of rotatable bonds is 4. The molecule has 0 aliphatic rings. The predicted molar refractivity (Wildman–Crippen MR) is 75.0 cm³/mol. The van der Waals surface area contributed by atoms with E-state index in [0.717, 1.165) is 4.47 Å². The van der Waals surface area contributed by atoms with Crippen molar-refractivity contribution in [2.45, 2.75) is 38.7 Å². The minimum Gasteiger partial charge on any atom is -0.481 e. The molecule has 0 aliphatic heterocycles. The lowest BCUT2D eigenvalue weighted by atomic mass is 9.96. The fourth-order valence-corrected chi connectivity index (χ4v) is 1.86. The molecule has 104 valence electrons. The summed E-state index contributed by atoms with van der Waals surface area (Å²) in [5.74, 6) is -2.43. The van der Waals surface area contributed by atoms with Gasteiger partial charge in [0, 0.05) is 4.47 Å². The van der Waals surface area contributed by atoms with Gasteiger partial charge in [0.05, 0.1) is 12.3 Å². The van der Waals surface area contributed by atoms with E-state index in [0.29, 0.717) is 5.56 Å². The fourth-order valence-electron chi connectivity index (χ4n) is 1.59. The number of hydrogen-bond donors (Lipinski definition) is 1. The molecule has 0 saturated heterocycles. The quantitative estimate of drug-likeness (QED) is 0.861. The van der Waals surface area contributed by atoms with Gasteiger partial charge in [-0.1, -0.05) is 28.1 Å². The third-order valence-corrected chi connectivity index (χ3v) is 2.89. The van der Waals surface area contributed by atoms with Crippen LogP contribution in [0, 0.1) is 0 Å². The molecule has 0 spiro atoms. The van der Waals surface area contributed by atoms with Gasteiger partial charge in [-0.05, 0) is 38.5 Å². The number of aliphatic carboxylic acids is 1. The third-order valence-electron chi connectivity index (χ3n) is 2.36. The van der Waals surface area contributed by atoms with Crippen LogP contribution in [0.25, 0.3) is 0 Å². The molecule has 0 fully saturated rings. The Morgan fingerprint density at radius 3 is 2.21 bits per heavy atom. The van der Waals surface area contributed by atoms with Crippen LogP contribution in [0.4, 0.5) is 0 Å². The minimum absolute atomic E-state index is 0.172. The second-order valence-corrected chi connectivity index (χ2v) is 6.15. The number of carboxylic acid groups (broad SMARTS) is 1. The number of benzene rings is 1. The van der Waals surface area contributed by atoms with E-state index in [-0.39, 0.29) is 6.42 Å². The van der Waals surface area contributed by atoms with Crippen molar-refractivity contribution in [3.63, 3.8) is 0 Å². The van der Waals surface area contributed by atoms with E-state index in [1.54, 1.807) is 45.0 Å². The van der Waals surface area contributed by atoms with Crippen LogP contribution in [-0.2, 0) is 14.3 Å². The lowest BCUT2D eigenvalue weighted by Crippen LogP contribution is -2.26. The molecule has 4 nitrogen and oxygen atoms in total. The normalized spacial score (nSPS) is 12.8. The zero-order valence-electron chi connectivity index (χ0n) is 11.1. The van der Waals surface area contributed by atoms with Crippen LogP contribution in [0.3, 0.4) is 0 Å². The Hall–Kier alpha value is -1.36. The molecule has 5 heteroatoms. The molecule has 0 aliphatic carbocycles. The number of halogens is 1. The third kappa shape index (κ3) is 5.42. The molecule has 1 atom stereocenters. The number of esters is 1. The first-order valence-electron chi connectivity index (χ1n) is 5.89. The number of ether oxygens (including phenoxy) is 1. The van der Waals surface area contributed by atoms with Gasteiger partial charge < -0.3 is 9.84 Å². The van der Waals surface area contributed by atoms with E-state index < -0.39 is 23.5 Å². The van der Waals surface area contributed by atoms with Crippen molar-refractivity contribution in [3.8, 4) is 0 Å². The monoisotopic (exact) mass is 328 g/mol. The van der Waals surface area contributed by atoms with Crippen molar-refractivity contribution in [2.75, 3.05) is 0 Å². The van der Waals surface area contributed by atoms with Crippen LogP contribution in [0.5, 0.6) is 0 Å². The van der Waals surface area contributed by atoms with E-state index in [9.17, 15) is 14.7 Å². The zero-order chi connectivity index (χ0) is 14.6. The molecule has 19 heavy (non-hydrogen) atoms. The van der Waals surface area contributed by atoms with Crippen molar-refractivity contribution in [3.05, 3.63) is 34.3 Å². The maximum Gasteiger partial charge on any atom is 0.311 e. The van der Waals surface area contributed by atoms with E-state index in [2.05, 4.69) is 15.9 Å². The molecule has 1 rings (SSSR count).